The lowest BCUT2D eigenvalue weighted by molar-refractivity contribution is -0.116. The standard InChI is InChI=1S/C12H13BrO/c1-10(14)4-2-3-5-11-6-8-12(13)9-7-11/h3,5-9H,2,4H2,1H3/b5-3+. The normalized spacial score (nSPS) is 10.7. The van der Waals surface area contributed by atoms with E-state index in [2.05, 4.69) is 15.9 Å². The molecule has 2 heteroatoms. The van der Waals surface area contributed by atoms with Gasteiger partial charge in [-0.1, -0.05) is 40.2 Å². The maximum Gasteiger partial charge on any atom is 0.130 e. The summed E-state index contributed by atoms with van der Waals surface area (Å²) in [4.78, 5) is 10.7. The molecule has 14 heavy (non-hydrogen) atoms. The molecule has 0 fully saturated rings. The number of ketones is 1. The van der Waals surface area contributed by atoms with Crippen LogP contribution >= 0.6 is 15.9 Å². The lowest BCUT2D eigenvalue weighted by atomic mass is 10.1. The van der Waals surface area contributed by atoms with Gasteiger partial charge in [0.25, 0.3) is 0 Å². The molecule has 0 aromatic heterocycles. The van der Waals surface area contributed by atoms with Gasteiger partial charge in [-0.3, -0.25) is 0 Å². The summed E-state index contributed by atoms with van der Waals surface area (Å²) >= 11 is 3.38. The van der Waals surface area contributed by atoms with Crippen molar-refractivity contribution in [2.45, 2.75) is 19.8 Å². The van der Waals surface area contributed by atoms with Gasteiger partial charge in [-0.05, 0) is 31.0 Å². The van der Waals surface area contributed by atoms with Crippen LogP contribution in [0, 0.1) is 0 Å². The maximum atomic E-state index is 10.7. The van der Waals surface area contributed by atoms with Gasteiger partial charge in [0, 0.05) is 10.9 Å². The summed E-state index contributed by atoms with van der Waals surface area (Å²) in [5.41, 5.74) is 1.16. The molecule has 0 amide bonds. The van der Waals surface area contributed by atoms with E-state index in [9.17, 15) is 4.79 Å². The summed E-state index contributed by atoms with van der Waals surface area (Å²) in [7, 11) is 0. The molecule has 1 aromatic carbocycles. The summed E-state index contributed by atoms with van der Waals surface area (Å²) in [5.74, 6) is 0.241. The second-order valence-corrected chi connectivity index (χ2v) is 4.11. The monoisotopic (exact) mass is 252 g/mol. The summed E-state index contributed by atoms with van der Waals surface area (Å²) in [6, 6.07) is 8.08. The third kappa shape index (κ3) is 4.38. The molecule has 0 bridgehead atoms. The fraction of sp³-hybridized carbons (Fsp3) is 0.250. The average Bonchev–Trinajstić information content (AvgIpc) is 2.15. The van der Waals surface area contributed by atoms with Crippen molar-refractivity contribution in [2.24, 2.45) is 0 Å². The third-order valence-electron chi connectivity index (χ3n) is 1.84. The Morgan fingerprint density at radius 3 is 2.57 bits per heavy atom. The van der Waals surface area contributed by atoms with Gasteiger partial charge < -0.3 is 4.79 Å². The number of halogens is 1. The molecule has 1 aromatic rings. The van der Waals surface area contributed by atoms with Crippen LogP contribution in [0.15, 0.2) is 34.8 Å². The van der Waals surface area contributed by atoms with E-state index in [1.165, 1.54) is 0 Å². The zero-order valence-corrected chi connectivity index (χ0v) is 9.75. The Hall–Kier alpha value is -0.890. The van der Waals surface area contributed by atoms with Gasteiger partial charge in [0.15, 0.2) is 0 Å². The lowest BCUT2D eigenvalue weighted by Gasteiger charge is -1.93. The van der Waals surface area contributed by atoms with Crippen LogP contribution in [0.1, 0.15) is 25.3 Å². The predicted molar refractivity (Wildman–Crippen MR) is 63.1 cm³/mol. The lowest BCUT2D eigenvalue weighted by Crippen LogP contribution is -1.86. The number of Topliss-reactive ketones (excluding diaryl/α,β-unsaturated/α-hetero) is 1. The van der Waals surface area contributed by atoms with Crippen molar-refractivity contribution in [3.8, 4) is 0 Å². The number of hydrogen-bond donors (Lipinski definition) is 0. The molecule has 0 radical (unpaired) electrons. The fourth-order valence-corrected chi connectivity index (χ4v) is 1.34. The van der Waals surface area contributed by atoms with Crippen LogP contribution in [0.4, 0.5) is 0 Å². The van der Waals surface area contributed by atoms with Crippen LogP contribution in [-0.2, 0) is 4.79 Å². The van der Waals surface area contributed by atoms with Gasteiger partial charge in [-0.15, -0.1) is 0 Å². The molecule has 0 spiro atoms. The van der Waals surface area contributed by atoms with E-state index >= 15 is 0 Å². The molecule has 0 aliphatic heterocycles. The van der Waals surface area contributed by atoms with Crippen LogP contribution in [0.2, 0.25) is 0 Å². The van der Waals surface area contributed by atoms with Crippen molar-refractivity contribution in [3.63, 3.8) is 0 Å². The summed E-state index contributed by atoms with van der Waals surface area (Å²) in [5, 5.41) is 0. The average molecular weight is 253 g/mol. The van der Waals surface area contributed by atoms with Crippen molar-refractivity contribution in [2.75, 3.05) is 0 Å². The first-order chi connectivity index (χ1) is 6.68. The topological polar surface area (TPSA) is 17.1 Å². The molecular formula is C12H13BrO. The zero-order chi connectivity index (χ0) is 10.4. The largest absolute Gasteiger partial charge is 0.300 e. The molecule has 1 rings (SSSR count). The van der Waals surface area contributed by atoms with Gasteiger partial charge in [-0.2, -0.15) is 0 Å². The Bertz CT molecular complexity index is 325. The second kappa shape index (κ2) is 5.76. The fourth-order valence-electron chi connectivity index (χ4n) is 1.08. The van der Waals surface area contributed by atoms with Crippen LogP contribution in [0.3, 0.4) is 0 Å². The molecular weight excluding hydrogens is 240 g/mol. The number of carbonyl (C=O) groups is 1. The van der Waals surface area contributed by atoms with Crippen molar-refractivity contribution in [1.82, 2.24) is 0 Å². The number of carbonyl (C=O) groups excluding carboxylic acids is 1. The van der Waals surface area contributed by atoms with Crippen LogP contribution < -0.4 is 0 Å². The highest BCUT2D eigenvalue weighted by molar-refractivity contribution is 9.10. The van der Waals surface area contributed by atoms with E-state index in [4.69, 9.17) is 0 Å². The quantitative estimate of drug-likeness (QED) is 0.796. The first-order valence-electron chi connectivity index (χ1n) is 4.60. The molecule has 0 aliphatic rings. The van der Waals surface area contributed by atoms with E-state index in [0.29, 0.717) is 6.42 Å². The number of hydrogen-bond acceptors (Lipinski definition) is 1. The van der Waals surface area contributed by atoms with Crippen molar-refractivity contribution in [1.29, 1.82) is 0 Å². The Kier molecular flexibility index (Phi) is 4.60. The SMILES string of the molecule is CC(=O)CC/C=C/c1ccc(Br)cc1. The van der Waals surface area contributed by atoms with Gasteiger partial charge in [0.1, 0.15) is 5.78 Å². The Balaban J connectivity index is 2.44. The van der Waals surface area contributed by atoms with Crippen molar-refractivity contribution < 1.29 is 4.79 Å². The Morgan fingerprint density at radius 1 is 1.36 bits per heavy atom. The molecule has 0 saturated heterocycles. The molecule has 0 atom stereocenters. The Labute approximate surface area is 93.0 Å². The van der Waals surface area contributed by atoms with E-state index < -0.39 is 0 Å². The first-order valence-corrected chi connectivity index (χ1v) is 5.39. The number of benzene rings is 1. The summed E-state index contributed by atoms with van der Waals surface area (Å²) in [6.45, 7) is 1.62. The molecule has 0 N–H and O–H groups in total. The van der Waals surface area contributed by atoms with E-state index in [1.54, 1.807) is 6.92 Å². The molecule has 1 nitrogen and oxygen atoms in total. The van der Waals surface area contributed by atoms with E-state index in [1.807, 2.05) is 36.4 Å². The molecule has 0 heterocycles. The predicted octanol–water partition coefficient (Wildman–Crippen LogP) is 3.83. The smallest absolute Gasteiger partial charge is 0.130 e. The highest BCUT2D eigenvalue weighted by Gasteiger charge is 1.90. The molecule has 0 unspecified atom stereocenters. The Morgan fingerprint density at radius 2 is 2.00 bits per heavy atom. The highest BCUT2D eigenvalue weighted by Crippen LogP contribution is 2.11. The minimum absolute atomic E-state index is 0.241. The van der Waals surface area contributed by atoms with Crippen molar-refractivity contribution >= 4 is 27.8 Å². The van der Waals surface area contributed by atoms with Gasteiger partial charge >= 0.3 is 0 Å². The van der Waals surface area contributed by atoms with Crippen LogP contribution in [0.25, 0.3) is 6.08 Å². The summed E-state index contributed by atoms with van der Waals surface area (Å²) in [6.07, 6.45) is 5.53. The zero-order valence-electron chi connectivity index (χ0n) is 8.16. The molecule has 74 valence electrons. The van der Waals surface area contributed by atoms with Crippen LogP contribution in [-0.4, -0.2) is 5.78 Å². The summed E-state index contributed by atoms with van der Waals surface area (Å²) < 4.78 is 1.08. The molecule has 0 aliphatic carbocycles. The van der Waals surface area contributed by atoms with Gasteiger partial charge in [-0.25, -0.2) is 0 Å². The highest BCUT2D eigenvalue weighted by atomic mass is 79.9. The minimum Gasteiger partial charge on any atom is -0.300 e. The molecule has 0 saturated carbocycles. The van der Waals surface area contributed by atoms with E-state index in [0.717, 1.165) is 16.5 Å². The number of allylic oxidation sites excluding steroid dienone is 1. The first kappa shape index (κ1) is 11.2. The van der Waals surface area contributed by atoms with Gasteiger partial charge in [0.2, 0.25) is 0 Å². The second-order valence-electron chi connectivity index (χ2n) is 3.19. The van der Waals surface area contributed by atoms with Gasteiger partial charge in [0.05, 0.1) is 0 Å². The van der Waals surface area contributed by atoms with E-state index in [-0.39, 0.29) is 5.78 Å². The van der Waals surface area contributed by atoms with Crippen molar-refractivity contribution in [3.05, 3.63) is 40.4 Å². The van der Waals surface area contributed by atoms with Crippen LogP contribution in [0.5, 0.6) is 0 Å². The number of rotatable bonds is 4. The minimum atomic E-state index is 0.241. The third-order valence-corrected chi connectivity index (χ3v) is 2.37. The maximum absolute atomic E-state index is 10.7.